The molecule has 7 heavy (non-hydrogen) atoms. The fourth-order valence-electron chi connectivity index (χ4n) is 0.0788. The van der Waals surface area contributed by atoms with Crippen LogP contribution in [0, 0.1) is 0 Å². The first kappa shape index (κ1) is 5.72. The van der Waals surface area contributed by atoms with Crippen molar-refractivity contribution < 1.29 is 14.4 Å². The number of hydrogen-bond acceptors (Lipinski definition) is 2. The van der Waals surface area contributed by atoms with E-state index in [2.05, 4.69) is 4.79 Å². The highest BCUT2D eigenvalue weighted by Gasteiger charge is 1.96. The normalized spacial score (nSPS) is 6.29. The van der Waals surface area contributed by atoms with Gasteiger partial charge in [-0.3, -0.25) is 9.59 Å². The third-order valence-electron chi connectivity index (χ3n) is 0.276. The molecule has 0 aromatic carbocycles. The minimum Gasteiger partial charge on any atom is -0.361 e. The highest BCUT2D eigenvalue weighted by molar-refractivity contribution is 6.50. The summed E-state index contributed by atoms with van der Waals surface area (Å²) in [6.07, 6.45) is 1.43. The molecule has 0 aromatic heterocycles. The van der Waals surface area contributed by atoms with Gasteiger partial charge in [0.15, 0.2) is 0 Å². The summed E-state index contributed by atoms with van der Waals surface area (Å²) in [4.78, 5) is 21.2. The van der Waals surface area contributed by atoms with Gasteiger partial charge in [-0.2, -0.15) is 4.79 Å². The molecule has 0 aliphatic carbocycles. The standard InChI is InChI=1S/C3HN2O2/c4-5-1-3(7)2-6/h1H. The van der Waals surface area contributed by atoms with E-state index >= 15 is 0 Å². The first-order valence-corrected chi connectivity index (χ1v) is 1.41. The zero-order chi connectivity index (χ0) is 5.70. The molecule has 0 fully saturated rings. The molecule has 0 saturated carbocycles. The van der Waals surface area contributed by atoms with Crippen LogP contribution >= 0.6 is 0 Å². The minimum atomic E-state index is -0.970. The molecule has 0 aromatic rings. The number of ketones is 1. The van der Waals surface area contributed by atoms with Crippen LogP contribution in [-0.4, -0.2) is 23.1 Å². The van der Waals surface area contributed by atoms with Crippen LogP contribution in [0.1, 0.15) is 0 Å². The Morgan fingerprint density at radius 3 is 2.57 bits per heavy atom. The van der Waals surface area contributed by atoms with Gasteiger partial charge in [0, 0.05) is 0 Å². The Morgan fingerprint density at radius 1 is 1.86 bits per heavy atom. The van der Waals surface area contributed by atoms with E-state index in [1.54, 1.807) is 0 Å². The third-order valence-corrected chi connectivity index (χ3v) is 0.276. The van der Waals surface area contributed by atoms with Crippen LogP contribution in [0.3, 0.4) is 0 Å². The quantitative estimate of drug-likeness (QED) is 0.191. The molecule has 0 atom stereocenters. The van der Waals surface area contributed by atoms with E-state index in [0.29, 0.717) is 6.21 Å². The number of Topliss-reactive ketones (excluding diaryl/α,β-unsaturated/α-hetero) is 1. The molecule has 0 N–H and O–H groups in total. The lowest BCUT2D eigenvalue weighted by Crippen LogP contribution is -1.98. The maximum Gasteiger partial charge on any atom is 0.331 e. The van der Waals surface area contributed by atoms with Gasteiger partial charge in [0.2, 0.25) is 0 Å². The monoisotopic (exact) mass is 97.0 g/mol. The van der Waals surface area contributed by atoms with Gasteiger partial charge in [0.25, 0.3) is 6.29 Å². The van der Waals surface area contributed by atoms with E-state index in [-0.39, 0.29) is 0 Å². The molecule has 0 spiro atoms. The van der Waals surface area contributed by atoms with Crippen molar-refractivity contribution in [1.29, 1.82) is 0 Å². The lowest BCUT2D eigenvalue weighted by Gasteiger charge is -1.54. The molecule has 0 heterocycles. The first-order chi connectivity index (χ1) is 3.31. The zero-order valence-corrected chi connectivity index (χ0v) is 3.29. The molecule has 4 heteroatoms. The van der Waals surface area contributed by atoms with E-state index in [4.69, 9.17) is 5.53 Å². The topological polar surface area (TPSA) is 70.5 Å². The van der Waals surface area contributed by atoms with Crippen molar-refractivity contribution in [1.82, 2.24) is 0 Å². The molecule has 0 bridgehead atoms. The van der Waals surface area contributed by atoms with Crippen LogP contribution in [-0.2, 0) is 9.59 Å². The van der Waals surface area contributed by atoms with E-state index in [0.717, 1.165) is 6.29 Å². The first-order valence-electron chi connectivity index (χ1n) is 1.41. The third kappa shape index (κ3) is 2.52. The van der Waals surface area contributed by atoms with Crippen molar-refractivity contribution in [2.24, 2.45) is 0 Å². The van der Waals surface area contributed by atoms with Crippen molar-refractivity contribution in [3.05, 3.63) is 5.53 Å². The molecule has 1 radical (unpaired) electrons. The number of nitrogens with zero attached hydrogens (tertiary/aromatic N) is 2. The fourth-order valence-corrected chi connectivity index (χ4v) is 0.0788. The van der Waals surface area contributed by atoms with Crippen LogP contribution in [0.15, 0.2) is 0 Å². The van der Waals surface area contributed by atoms with E-state index < -0.39 is 5.78 Å². The average molecular weight is 97.1 g/mol. The van der Waals surface area contributed by atoms with Crippen LogP contribution in [0.5, 0.6) is 0 Å². The Balaban J connectivity index is 3.82. The lowest BCUT2D eigenvalue weighted by atomic mass is 10.5. The second kappa shape index (κ2) is 2.93. The van der Waals surface area contributed by atoms with Gasteiger partial charge < -0.3 is 5.53 Å². The Morgan fingerprint density at radius 2 is 2.43 bits per heavy atom. The van der Waals surface area contributed by atoms with Crippen LogP contribution in [0.4, 0.5) is 0 Å². The molecule has 0 aliphatic heterocycles. The van der Waals surface area contributed by atoms with E-state index in [9.17, 15) is 9.59 Å². The smallest absolute Gasteiger partial charge is 0.331 e. The molecule has 0 unspecified atom stereocenters. The predicted molar refractivity (Wildman–Crippen MR) is 20.4 cm³/mol. The van der Waals surface area contributed by atoms with Gasteiger partial charge >= 0.3 is 12.0 Å². The molecule has 0 rings (SSSR count). The van der Waals surface area contributed by atoms with Gasteiger partial charge in [-0.05, 0) is 0 Å². The number of hydrogen-bond donors (Lipinski definition) is 0. The average Bonchev–Trinajstić information content (AvgIpc) is 1.68. The maximum absolute atomic E-state index is 9.68. The Kier molecular flexibility index (Phi) is 2.40. The summed E-state index contributed by atoms with van der Waals surface area (Å²) in [5.74, 6) is -0.970. The van der Waals surface area contributed by atoms with Crippen molar-refractivity contribution >= 4 is 18.3 Å². The van der Waals surface area contributed by atoms with Gasteiger partial charge in [-0.1, -0.05) is 0 Å². The van der Waals surface area contributed by atoms with Crippen molar-refractivity contribution in [3.8, 4) is 0 Å². The van der Waals surface area contributed by atoms with E-state index in [1.807, 2.05) is 0 Å². The number of carbonyl (C=O) groups excluding carboxylic acids is 2. The largest absolute Gasteiger partial charge is 0.361 e. The van der Waals surface area contributed by atoms with E-state index in [1.165, 1.54) is 0 Å². The summed E-state index contributed by atoms with van der Waals surface area (Å²) >= 11 is 0. The Labute approximate surface area is 39.4 Å². The minimum absolute atomic E-state index is 0.465. The van der Waals surface area contributed by atoms with Gasteiger partial charge in [-0.25, -0.2) is 0 Å². The van der Waals surface area contributed by atoms with Crippen LogP contribution < -0.4 is 0 Å². The Bertz CT molecular complexity index is 134. The van der Waals surface area contributed by atoms with Gasteiger partial charge in [0.05, 0.1) is 0 Å². The van der Waals surface area contributed by atoms with Crippen LogP contribution in [0.2, 0.25) is 0 Å². The highest BCUT2D eigenvalue weighted by Crippen LogP contribution is 1.46. The zero-order valence-electron chi connectivity index (χ0n) is 3.29. The van der Waals surface area contributed by atoms with Crippen molar-refractivity contribution in [3.63, 3.8) is 0 Å². The SMILES string of the molecule is [N-]=[N+]=CC(=O)[C]=O. The van der Waals surface area contributed by atoms with Crippen LogP contribution in [0.25, 0.3) is 5.53 Å². The summed E-state index contributed by atoms with van der Waals surface area (Å²) in [5, 5.41) is 0. The maximum atomic E-state index is 9.68. The number of carbonyl (C=O) groups is 1. The molecule has 35 valence electrons. The highest BCUT2D eigenvalue weighted by atomic mass is 16.2. The number of rotatable bonds is 2. The summed E-state index contributed by atoms with van der Waals surface area (Å²) < 4.78 is 0. The molecule has 0 aliphatic rings. The van der Waals surface area contributed by atoms with Gasteiger partial charge in [-0.15, -0.1) is 0 Å². The fraction of sp³-hybridized carbons (Fsp3) is 0. The summed E-state index contributed by atoms with van der Waals surface area (Å²) in [7, 11) is 0. The summed E-state index contributed by atoms with van der Waals surface area (Å²) in [6.45, 7) is 0. The molecular formula is C3HN2O2. The molecule has 0 saturated heterocycles. The van der Waals surface area contributed by atoms with Gasteiger partial charge in [0.1, 0.15) is 0 Å². The molecule has 4 nitrogen and oxygen atoms in total. The summed E-state index contributed by atoms with van der Waals surface area (Å²) in [5.41, 5.74) is 7.54. The second-order valence-corrected chi connectivity index (χ2v) is 0.711. The van der Waals surface area contributed by atoms with Crippen molar-refractivity contribution in [2.45, 2.75) is 0 Å². The second-order valence-electron chi connectivity index (χ2n) is 0.711. The lowest BCUT2D eigenvalue weighted by molar-refractivity contribution is -0.110. The predicted octanol–water partition coefficient (Wildman–Crippen LogP) is -1.03. The molecule has 0 amide bonds. The summed E-state index contributed by atoms with van der Waals surface area (Å²) in [6, 6.07) is 0. The molecular weight excluding hydrogens is 96.0 g/mol. The Hall–Kier alpha value is -1.28. The van der Waals surface area contributed by atoms with Crippen molar-refractivity contribution in [2.75, 3.05) is 0 Å².